The Morgan fingerprint density at radius 1 is 0.600 bits per heavy atom. The van der Waals surface area contributed by atoms with E-state index in [0.29, 0.717) is 0 Å². The molecule has 2 nitrogen and oxygen atoms in total. The highest BCUT2D eigenvalue weighted by molar-refractivity contribution is 7.25. The first-order valence-electron chi connectivity index (χ1n) is 11.8. The molecule has 0 aliphatic rings. The molecule has 0 spiro atoms. The van der Waals surface area contributed by atoms with Gasteiger partial charge in [-0.3, -0.25) is 0 Å². The van der Waals surface area contributed by atoms with Crippen molar-refractivity contribution < 1.29 is 4.42 Å². The van der Waals surface area contributed by atoms with Gasteiger partial charge in [0.1, 0.15) is 11.1 Å². The molecule has 8 aromatic rings. The second-order valence-corrected chi connectivity index (χ2v) is 10.0. The molecule has 0 saturated carbocycles. The molecule has 8 rings (SSSR count). The second-order valence-electron chi connectivity index (χ2n) is 8.96. The van der Waals surface area contributed by atoms with Gasteiger partial charge in [0.15, 0.2) is 5.58 Å². The standard InChI is InChI=1S/C32H19NOS/c1-2-9-21(10-3-1)33-26-14-6-4-12-24(26)32-31(33)30-22(13-8-15-27(30)34-32)20-17-18-29-25(19-20)23-11-5-7-16-28(23)35-29/h1-19H. The fourth-order valence-electron chi connectivity index (χ4n) is 5.49. The summed E-state index contributed by atoms with van der Waals surface area (Å²) in [6.07, 6.45) is 0. The zero-order valence-corrected chi connectivity index (χ0v) is 19.5. The van der Waals surface area contributed by atoms with E-state index in [4.69, 9.17) is 4.42 Å². The summed E-state index contributed by atoms with van der Waals surface area (Å²) in [6, 6.07) is 41.0. The van der Waals surface area contributed by atoms with Crippen molar-refractivity contribution in [2.75, 3.05) is 0 Å². The van der Waals surface area contributed by atoms with Crippen LogP contribution in [0.4, 0.5) is 0 Å². The van der Waals surface area contributed by atoms with Crippen LogP contribution in [-0.4, -0.2) is 4.57 Å². The van der Waals surface area contributed by atoms with Gasteiger partial charge in [-0.15, -0.1) is 11.3 Å². The van der Waals surface area contributed by atoms with E-state index in [2.05, 4.69) is 120 Å². The van der Waals surface area contributed by atoms with Crippen molar-refractivity contribution in [2.24, 2.45) is 0 Å². The zero-order chi connectivity index (χ0) is 22.9. The van der Waals surface area contributed by atoms with Gasteiger partial charge in [-0.2, -0.15) is 0 Å². The summed E-state index contributed by atoms with van der Waals surface area (Å²) < 4.78 is 11.5. The van der Waals surface area contributed by atoms with Crippen LogP contribution in [0.5, 0.6) is 0 Å². The molecular formula is C32H19NOS. The molecular weight excluding hydrogens is 446 g/mol. The Labute approximate surface area is 205 Å². The maximum Gasteiger partial charge on any atom is 0.161 e. The molecule has 0 aliphatic carbocycles. The van der Waals surface area contributed by atoms with E-state index in [0.717, 1.165) is 38.7 Å². The predicted octanol–water partition coefficient (Wildman–Crippen LogP) is 9.56. The highest BCUT2D eigenvalue weighted by Crippen LogP contribution is 2.44. The minimum Gasteiger partial charge on any atom is -0.454 e. The molecule has 164 valence electrons. The van der Waals surface area contributed by atoms with Gasteiger partial charge in [-0.25, -0.2) is 0 Å². The first kappa shape index (κ1) is 19.0. The van der Waals surface area contributed by atoms with Gasteiger partial charge < -0.3 is 8.98 Å². The Balaban J connectivity index is 1.51. The molecule has 0 unspecified atom stereocenters. The highest BCUT2D eigenvalue weighted by Gasteiger charge is 2.21. The molecule has 0 amide bonds. The summed E-state index contributed by atoms with van der Waals surface area (Å²) in [5.74, 6) is 0. The summed E-state index contributed by atoms with van der Waals surface area (Å²) in [5, 5.41) is 4.91. The third-order valence-electron chi connectivity index (χ3n) is 7.01. The van der Waals surface area contributed by atoms with Gasteiger partial charge in [-0.1, -0.05) is 66.7 Å². The van der Waals surface area contributed by atoms with Crippen LogP contribution in [0.15, 0.2) is 120 Å². The van der Waals surface area contributed by atoms with E-state index in [9.17, 15) is 0 Å². The van der Waals surface area contributed by atoms with Crippen molar-refractivity contribution in [3.63, 3.8) is 0 Å². The largest absolute Gasteiger partial charge is 0.454 e. The number of hydrogen-bond acceptors (Lipinski definition) is 2. The van der Waals surface area contributed by atoms with Crippen LogP contribution in [0.2, 0.25) is 0 Å². The lowest BCUT2D eigenvalue weighted by molar-refractivity contribution is 0.673. The molecule has 3 heteroatoms. The van der Waals surface area contributed by atoms with Gasteiger partial charge >= 0.3 is 0 Å². The number of rotatable bonds is 2. The van der Waals surface area contributed by atoms with E-state index in [1.54, 1.807) is 0 Å². The molecule has 0 fully saturated rings. The lowest BCUT2D eigenvalue weighted by Crippen LogP contribution is -1.93. The number of aromatic nitrogens is 1. The fraction of sp³-hybridized carbons (Fsp3) is 0. The van der Waals surface area contributed by atoms with Crippen molar-refractivity contribution in [1.82, 2.24) is 4.57 Å². The quantitative estimate of drug-likeness (QED) is 0.248. The van der Waals surface area contributed by atoms with Crippen molar-refractivity contribution in [2.45, 2.75) is 0 Å². The van der Waals surface area contributed by atoms with Crippen molar-refractivity contribution in [3.05, 3.63) is 115 Å². The van der Waals surface area contributed by atoms with Gasteiger partial charge in [0.25, 0.3) is 0 Å². The zero-order valence-electron chi connectivity index (χ0n) is 18.7. The van der Waals surface area contributed by atoms with Crippen LogP contribution in [0, 0.1) is 0 Å². The Bertz CT molecular complexity index is 2060. The van der Waals surface area contributed by atoms with E-state index < -0.39 is 0 Å². The van der Waals surface area contributed by atoms with Gasteiger partial charge in [0.2, 0.25) is 0 Å². The lowest BCUT2D eigenvalue weighted by Gasteiger charge is -2.09. The Kier molecular flexibility index (Phi) is 3.85. The monoisotopic (exact) mass is 465 g/mol. The minimum atomic E-state index is 0.915. The summed E-state index contributed by atoms with van der Waals surface area (Å²) >= 11 is 1.85. The molecule has 5 aromatic carbocycles. The summed E-state index contributed by atoms with van der Waals surface area (Å²) in [6.45, 7) is 0. The molecule has 3 aromatic heterocycles. The van der Waals surface area contributed by atoms with Crippen LogP contribution in [0.3, 0.4) is 0 Å². The van der Waals surface area contributed by atoms with Crippen molar-refractivity contribution >= 4 is 64.5 Å². The molecule has 3 heterocycles. The lowest BCUT2D eigenvalue weighted by atomic mass is 9.99. The van der Waals surface area contributed by atoms with E-state index in [1.807, 2.05) is 11.3 Å². The van der Waals surface area contributed by atoms with Crippen LogP contribution in [0.1, 0.15) is 0 Å². The molecule has 0 bridgehead atoms. The minimum absolute atomic E-state index is 0.915. The Morgan fingerprint density at radius 3 is 2.29 bits per heavy atom. The van der Waals surface area contributed by atoms with Crippen molar-refractivity contribution in [1.29, 1.82) is 0 Å². The number of para-hydroxylation sites is 2. The smallest absolute Gasteiger partial charge is 0.161 e. The second kappa shape index (κ2) is 7.08. The highest BCUT2D eigenvalue weighted by atomic mass is 32.1. The average molecular weight is 466 g/mol. The van der Waals surface area contributed by atoms with E-state index in [1.165, 1.54) is 31.3 Å². The van der Waals surface area contributed by atoms with E-state index >= 15 is 0 Å². The van der Waals surface area contributed by atoms with E-state index in [-0.39, 0.29) is 0 Å². The molecule has 0 aliphatic heterocycles. The van der Waals surface area contributed by atoms with Gasteiger partial charge in [-0.05, 0) is 59.7 Å². The summed E-state index contributed by atoms with van der Waals surface area (Å²) in [4.78, 5) is 0. The molecule has 0 saturated heterocycles. The molecule has 0 atom stereocenters. The number of nitrogens with zero attached hydrogens (tertiary/aromatic N) is 1. The number of benzene rings is 5. The first-order chi connectivity index (χ1) is 17.4. The SMILES string of the molecule is c1ccc(-n2c3ccccc3c3oc4cccc(-c5ccc6sc7ccccc7c6c5)c4c32)cc1. The molecule has 35 heavy (non-hydrogen) atoms. The fourth-order valence-corrected chi connectivity index (χ4v) is 6.58. The van der Waals surface area contributed by atoms with Gasteiger partial charge in [0.05, 0.1) is 10.9 Å². The van der Waals surface area contributed by atoms with Crippen LogP contribution in [-0.2, 0) is 0 Å². The Morgan fingerprint density at radius 2 is 1.37 bits per heavy atom. The first-order valence-corrected chi connectivity index (χ1v) is 12.6. The third kappa shape index (κ3) is 2.64. The normalized spacial score (nSPS) is 12.0. The maximum absolute atomic E-state index is 6.55. The van der Waals surface area contributed by atoms with Crippen LogP contribution < -0.4 is 0 Å². The number of hydrogen-bond donors (Lipinski definition) is 0. The summed E-state index contributed by atoms with van der Waals surface area (Å²) in [7, 11) is 0. The van der Waals surface area contributed by atoms with Crippen molar-refractivity contribution in [3.8, 4) is 16.8 Å². The van der Waals surface area contributed by atoms with Crippen LogP contribution >= 0.6 is 11.3 Å². The third-order valence-corrected chi connectivity index (χ3v) is 8.16. The Hall–Kier alpha value is -4.34. The average Bonchev–Trinajstić information content (AvgIpc) is 3.57. The van der Waals surface area contributed by atoms with Gasteiger partial charge in [0, 0.05) is 31.2 Å². The number of fused-ring (bicyclic) bond motifs is 8. The predicted molar refractivity (Wildman–Crippen MR) is 149 cm³/mol. The van der Waals surface area contributed by atoms with Crippen LogP contribution in [0.25, 0.3) is 70.0 Å². The number of thiophene rings is 1. The molecule has 0 radical (unpaired) electrons. The number of furan rings is 1. The summed E-state index contributed by atoms with van der Waals surface area (Å²) in [5.41, 5.74) is 7.67. The topological polar surface area (TPSA) is 18.1 Å². The maximum atomic E-state index is 6.55. The molecule has 0 N–H and O–H groups in total.